The van der Waals surface area contributed by atoms with Gasteiger partial charge in [-0.05, 0) is 12.8 Å². The molecule has 3 aliphatic rings. The number of fused-ring (bicyclic) bond motifs is 2. The van der Waals surface area contributed by atoms with Crippen LogP contribution in [-0.2, 0) is 4.79 Å². The predicted molar refractivity (Wildman–Crippen MR) is 40.2 cm³/mol. The fraction of sp³-hybridized carbons (Fsp3) is 0.625. The van der Waals surface area contributed by atoms with E-state index in [1.807, 2.05) is 6.08 Å². The van der Waals surface area contributed by atoms with E-state index in [2.05, 4.69) is 11.4 Å². The van der Waals surface area contributed by atoms with E-state index >= 15 is 0 Å². The molecule has 60 valence electrons. The van der Waals surface area contributed by atoms with E-state index in [0.29, 0.717) is 6.04 Å². The molecule has 3 heteroatoms. The van der Waals surface area contributed by atoms with Crippen LogP contribution in [0.25, 0.3) is 0 Å². The fourth-order valence-corrected chi connectivity index (χ4v) is 1.87. The third kappa shape index (κ3) is 1.05. The number of carboxylic acids is 1. The highest BCUT2D eigenvalue weighted by Crippen LogP contribution is 2.27. The lowest BCUT2D eigenvalue weighted by molar-refractivity contribution is -0.141. The molecule has 11 heavy (non-hydrogen) atoms. The molecule has 1 aliphatic carbocycles. The maximum atomic E-state index is 10.6. The number of hydrogen-bond donors (Lipinski definition) is 2. The van der Waals surface area contributed by atoms with Crippen LogP contribution in [0.2, 0.25) is 0 Å². The van der Waals surface area contributed by atoms with Gasteiger partial charge in [-0.15, -0.1) is 0 Å². The molecule has 0 aromatic rings. The molecule has 3 rings (SSSR count). The molecule has 0 unspecified atom stereocenters. The summed E-state index contributed by atoms with van der Waals surface area (Å²) >= 11 is 0. The lowest BCUT2D eigenvalue weighted by atomic mass is 9.82. The second kappa shape index (κ2) is 2.34. The van der Waals surface area contributed by atoms with Crippen LogP contribution in [0.4, 0.5) is 0 Å². The average molecular weight is 153 g/mol. The molecule has 2 bridgehead atoms. The Balaban J connectivity index is 2.17. The SMILES string of the molecule is O=C(O)[C@H]1N[C@@H]2C=C[C@H]1CC2. The molecule has 2 N–H and O–H groups in total. The Bertz CT molecular complexity index is 212. The average Bonchev–Trinajstić information content (AvgIpc) is 2.06. The Kier molecular flexibility index (Phi) is 1.46. The fourth-order valence-electron chi connectivity index (χ4n) is 1.87. The van der Waals surface area contributed by atoms with Crippen molar-refractivity contribution in [2.75, 3.05) is 0 Å². The summed E-state index contributed by atoms with van der Waals surface area (Å²) in [7, 11) is 0. The zero-order chi connectivity index (χ0) is 7.84. The monoisotopic (exact) mass is 153 g/mol. The molecule has 1 saturated heterocycles. The molecule has 1 fully saturated rings. The number of carboxylic acid groups (broad SMARTS) is 1. The van der Waals surface area contributed by atoms with Crippen molar-refractivity contribution in [2.45, 2.75) is 24.9 Å². The molecular weight excluding hydrogens is 142 g/mol. The Hall–Kier alpha value is -0.830. The van der Waals surface area contributed by atoms with E-state index in [1.54, 1.807) is 0 Å². The van der Waals surface area contributed by atoms with Crippen molar-refractivity contribution in [3.63, 3.8) is 0 Å². The van der Waals surface area contributed by atoms with E-state index < -0.39 is 5.97 Å². The van der Waals surface area contributed by atoms with Gasteiger partial charge < -0.3 is 5.11 Å². The van der Waals surface area contributed by atoms with Crippen LogP contribution in [0, 0.1) is 5.92 Å². The minimum atomic E-state index is -0.718. The van der Waals surface area contributed by atoms with Crippen molar-refractivity contribution in [2.24, 2.45) is 5.92 Å². The number of rotatable bonds is 1. The molecule has 2 aliphatic heterocycles. The van der Waals surface area contributed by atoms with Crippen molar-refractivity contribution < 1.29 is 9.90 Å². The van der Waals surface area contributed by atoms with Gasteiger partial charge in [0.2, 0.25) is 0 Å². The molecule has 0 saturated carbocycles. The summed E-state index contributed by atoms with van der Waals surface area (Å²) in [5.41, 5.74) is 0. The molecular formula is C8H11NO2. The first-order valence-corrected chi connectivity index (χ1v) is 3.94. The zero-order valence-corrected chi connectivity index (χ0v) is 6.16. The molecule has 0 aromatic heterocycles. The predicted octanol–water partition coefficient (Wildman–Crippen LogP) is 0.378. The summed E-state index contributed by atoms with van der Waals surface area (Å²) in [6.45, 7) is 0. The molecule has 3 nitrogen and oxygen atoms in total. The second-order valence-electron chi connectivity index (χ2n) is 3.22. The summed E-state index contributed by atoms with van der Waals surface area (Å²) in [5, 5.41) is 11.8. The first-order valence-electron chi connectivity index (χ1n) is 3.94. The second-order valence-corrected chi connectivity index (χ2v) is 3.22. The van der Waals surface area contributed by atoms with Gasteiger partial charge in [0.1, 0.15) is 6.04 Å². The highest BCUT2D eigenvalue weighted by Gasteiger charge is 2.35. The van der Waals surface area contributed by atoms with Gasteiger partial charge in [-0.2, -0.15) is 0 Å². The molecule has 0 amide bonds. The van der Waals surface area contributed by atoms with Crippen LogP contribution in [-0.4, -0.2) is 23.2 Å². The Morgan fingerprint density at radius 1 is 1.45 bits per heavy atom. The minimum Gasteiger partial charge on any atom is -0.480 e. The summed E-state index contributed by atoms with van der Waals surface area (Å²) in [5.74, 6) is -0.499. The third-order valence-corrected chi connectivity index (χ3v) is 2.49. The van der Waals surface area contributed by atoms with Crippen LogP contribution >= 0.6 is 0 Å². The van der Waals surface area contributed by atoms with Crippen molar-refractivity contribution in [3.8, 4) is 0 Å². The summed E-state index contributed by atoms with van der Waals surface area (Å²) in [4.78, 5) is 10.6. The number of aliphatic carboxylic acids is 1. The maximum absolute atomic E-state index is 10.6. The minimum absolute atomic E-state index is 0.220. The van der Waals surface area contributed by atoms with Crippen LogP contribution < -0.4 is 5.32 Å². The summed E-state index contributed by atoms with van der Waals surface area (Å²) in [6, 6.07) is -0.0279. The lowest BCUT2D eigenvalue weighted by Crippen LogP contribution is -2.53. The lowest BCUT2D eigenvalue weighted by Gasteiger charge is -2.36. The first-order chi connectivity index (χ1) is 5.27. The Morgan fingerprint density at radius 2 is 2.27 bits per heavy atom. The first kappa shape index (κ1) is 6.85. The third-order valence-electron chi connectivity index (χ3n) is 2.49. The van der Waals surface area contributed by atoms with Crippen molar-refractivity contribution in [1.29, 1.82) is 0 Å². The van der Waals surface area contributed by atoms with Gasteiger partial charge in [0.25, 0.3) is 0 Å². The quantitative estimate of drug-likeness (QED) is 0.535. The number of carbonyl (C=O) groups is 1. The highest BCUT2D eigenvalue weighted by atomic mass is 16.4. The van der Waals surface area contributed by atoms with Gasteiger partial charge in [0.05, 0.1) is 0 Å². The number of piperidine rings is 1. The smallest absolute Gasteiger partial charge is 0.321 e. The molecule has 3 atom stereocenters. The van der Waals surface area contributed by atoms with Gasteiger partial charge in [0.15, 0.2) is 0 Å². The van der Waals surface area contributed by atoms with E-state index in [1.165, 1.54) is 0 Å². The Morgan fingerprint density at radius 3 is 2.55 bits per heavy atom. The van der Waals surface area contributed by atoms with Crippen LogP contribution in [0.3, 0.4) is 0 Å². The molecule has 0 aromatic carbocycles. The van der Waals surface area contributed by atoms with Gasteiger partial charge in [-0.25, -0.2) is 0 Å². The molecule has 0 spiro atoms. The van der Waals surface area contributed by atoms with E-state index in [4.69, 9.17) is 5.11 Å². The van der Waals surface area contributed by atoms with Gasteiger partial charge in [-0.3, -0.25) is 10.1 Å². The van der Waals surface area contributed by atoms with Crippen LogP contribution in [0.5, 0.6) is 0 Å². The highest BCUT2D eigenvalue weighted by molar-refractivity contribution is 5.74. The van der Waals surface area contributed by atoms with Gasteiger partial charge in [0, 0.05) is 12.0 Å². The number of hydrogen-bond acceptors (Lipinski definition) is 2. The molecule has 2 heterocycles. The number of nitrogens with one attached hydrogen (secondary N) is 1. The van der Waals surface area contributed by atoms with Gasteiger partial charge in [-0.1, -0.05) is 12.2 Å². The van der Waals surface area contributed by atoms with Crippen LogP contribution in [0.15, 0.2) is 12.2 Å². The largest absolute Gasteiger partial charge is 0.480 e. The molecule has 0 radical (unpaired) electrons. The normalized spacial score (nSPS) is 40.9. The van der Waals surface area contributed by atoms with Crippen molar-refractivity contribution in [3.05, 3.63) is 12.2 Å². The van der Waals surface area contributed by atoms with E-state index in [0.717, 1.165) is 12.8 Å². The standard InChI is InChI=1S/C8H11NO2/c10-8(11)7-5-1-3-6(9-7)4-2-5/h1,3,5-7,9H,2,4H2,(H,10,11)/t5-,6+,7-/m0/s1. The maximum Gasteiger partial charge on any atom is 0.321 e. The Labute approximate surface area is 65.1 Å². The van der Waals surface area contributed by atoms with Gasteiger partial charge >= 0.3 is 5.97 Å². The van der Waals surface area contributed by atoms with Crippen molar-refractivity contribution >= 4 is 5.97 Å². The van der Waals surface area contributed by atoms with E-state index in [-0.39, 0.29) is 12.0 Å². The summed E-state index contributed by atoms with van der Waals surface area (Å²) in [6.07, 6.45) is 6.22. The summed E-state index contributed by atoms with van der Waals surface area (Å²) < 4.78 is 0. The van der Waals surface area contributed by atoms with E-state index in [9.17, 15) is 4.79 Å². The zero-order valence-electron chi connectivity index (χ0n) is 6.16. The topological polar surface area (TPSA) is 49.3 Å². The van der Waals surface area contributed by atoms with Crippen LogP contribution in [0.1, 0.15) is 12.8 Å². The van der Waals surface area contributed by atoms with Crippen molar-refractivity contribution in [1.82, 2.24) is 5.32 Å².